The number of nitrogens with one attached hydrogen (secondary N) is 2. The van der Waals surface area contributed by atoms with Crippen LogP contribution in [-0.4, -0.2) is 13.0 Å². The van der Waals surface area contributed by atoms with Gasteiger partial charge in [0.25, 0.3) is 0 Å². The molecule has 0 saturated heterocycles. The van der Waals surface area contributed by atoms with E-state index in [1.54, 1.807) is 7.11 Å². The van der Waals surface area contributed by atoms with Gasteiger partial charge in [0, 0.05) is 6.04 Å². The number of hydrogen-bond donors (Lipinski definition) is 2. The summed E-state index contributed by atoms with van der Waals surface area (Å²) in [4.78, 5) is 13.5. The fourth-order valence-corrected chi connectivity index (χ4v) is 3.61. The van der Waals surface area contributed by atoms with Crippen molar-refractivity contribution >= 4 is 11.6 Å². The van der Waals surface area contributed by atoms with Crippen LogP contribution in [0.5, 0.6) is 5.75 Å². The second-order valence-electron chi connectivity index (χ2n) is 7.84. The highest BCUT2D eigenvalue weighted by Gasteiger charge is 2.27. The second-order valence-corrected chi connectivity index (χ2v) is 7.84. The van der Waals surface area contributed by atoms with Crippen LogP contribution in [0.25, 0.3) is 0 Å². The molecular formula is C26H30N2O2. The third kappa shape index (κ3) is 5.28. The zero-order valence-corrected chi connectivity index (χ0v) is 18.1. The zero-order valence-electron chi connectivity index (χ0n) is 18.1. The van der Waals surface area contributed by atoms with Gasteiger partial charge in [-0.05, 0) is 41.7 Å². The first-order valence-electron chi connectivity index (χ1n) is 10.3. The average molecular weight is 403 g/mol. The lowest BCUT2D eigenvalue weighted by molar-refractivity contribution is -0.118. The van der Waals surface area contributed by atoms with Gasteiger partial charge in [-0.25, -0.2) is 0 Å². The summed E-state index contributed by atoms with van der Waals surface area (Å²) in [6, 6.07) is 25.4. The monoisotopic (exact) mass is 402 g/mol. The molecule has 0 radical (unpaired) electrons. The first-order valence-corrected chi connectivity index (χ1v) is 10.3. The van der Waals surface area contributed by atoms with Crippen LogP contribution in [-0.2, 0) is 4.79 Å². The van der Waals surface area contributed by atoms with E-state index in [9.17, 15) is 4.79 Å². The van der Waals surface area contributed by atoms with E-state index < -0.39 is 6.04 Å². The minimum atomic E-state index is -0.510. The summed E-state index contributed by atoms with van der Waals surface area (Å²) in [5.41, 5.74) is 3.81. The van der Waals surface area contributed by atoms with E-state index in [1.807, 2.05) is 73.7 Å². The Morgan fingerprint density at radius 1 is 0.867 bits per heavy atom. The van der Waals surface area contributed by atoms with E-state index in [1.165, 1.54) is 0 Å². The first-order chi connectivity index (χ1) is 14.5. The predicted molar refractivity (Wildman–Crippen MR) is 123 cm³/mol. The SMILES string of the molecule is COc1ccc(C)cc1NC(=O)[C@@H](N[C@@H](c1ccccc1)C(C)C)c1ccccc1. The number of aryl methyl sites for hydroxylation is 1. The lowest BCUT2D eigenvalue weighted by Crippen LogP contribution is -2.37. The van der Waals surface area contributed by atoms with E-state index in [0.717, 1.165) is 16.7 Å². The van der Waals surface area contributed by atoms with Crippen LogP contribution in [0.2, 0.25) is 0 Å². The van der Waals surface area contributed by atoms with Gasteiger partial charge in [-0.1, -0.05) is 80.6 Å². The molecule has 3 rings (SSSR count). The van der Waals surface area contributed by atoms with E-state index >= 15 is 0 Å². The molecule has 2 N–H and O–H groups in total. The van der Waals surface area contributed by atoms with E-state index in [0.29, 0.717) is 17.4 Å². The van der Waals surface area contributed by atoms with Gasteiger partial charge in [-0.2, -0.15) is 0 Å². The smallest absolute Gasteiger partial charge is 0.246 e. The Hall–Kier alpha value is -3.11. The molecule has 0 aliphatic rings. The third-order valence-electron chi connectivity index (χ3n) is 5.18. The Bertz CT molecular complexity index is 955. The van der Waals surface area contributed by atoms with Crippen LogP contribution in [0.4, 0.5) is 5.69 Å². The Morgan fingerprint density at radius 2 is 1.47 bits per heavy atom. The third-order valence-corrected chi connectivity index (χ3v) is 5.18. The Morgan fingerprint density at radius 3 is 2.03 bits per heavy atom. The van der Waals surface area contributed by atoms with E-state index in [4.69, 9.17) is 4.74 Å². The maximum Gasteiger partial charge on any atom is 0.246 e. The molecule has 0 spiro atoms. The summed E-state index contributed by atoms with van der Waals surface area (Å²) < 4.78 is 5.44. The zero-order chi connectivity index (χ0) is 21.5. The van der Waals surface area contributed by atoms with Crippen LogP contribution >= 0.6 is 0 Å². The molecule has 0 unspecified atom stereocenters. The number of carbonyl (C=O) groups excluding carboxylic acids is 1. The summed E-state index contributed by atoms with van der Waals surface area (Å²) in [6.07, 6.45) is 0. The number of amides is 1. The highest BCUT2D eigenvalue weighted by atomic mass is 16.5. The minimum absolute atomic E-state index is 0.0292. The minimum Gasteiger partial charge on any atom is -0.495 e. The second kappa shape index (κ2) is 10.1. The van der Waals surface area contributed by atoms with Gasteiger partial charge < -0.3 is 10.1 Å². The fraction of sp³-hybridized carbons (Fsp3) is 0.269. The summed E-state index contributed by atoms with van der Waals surface area (Å²) in [5.74, 6) is 0.829. The maximum atomic E-state index is 13.5. The molecule has 1 amide bonds. The van der Waals surface area contributed by atoms with Crippen molar-refractivity contribution in [3.05, 3.63) is 95.6 Å². The molecule has 3 aromatic carbocycles. The van der Waals surface area contributed by atoms with Gasteiger partial charge in [0.1, 0.15) is 11.8 Å². The normalized spacial score (nSPS) is 13.0. The number of anilines is 1. The molecule has 0 aromatic heterocycles. The Kier molecular flexibility index (Phi) is 7.26. The van der Waals surface area contributed by atoms with Gasteiger partial charge in [0.2, 0.25) is 5.91 Å². The fourth-order valence-electron chi connectivity index (χ4n) is 3.61. The standard InChI is InChI=1S/C26H30N2O2/c1-18(2)24(20-11-7-5-8-12-20)28-25(21-13-9-6-10-14-21)26(29)27-22-17-19(3)15-16-23(22)30-4/h5-18,24-25,28H,1-4H3,(H,27,29)/t24-,25+/m1/s1. The van der Waals surface area contributed by atoms with Crippen LogP contribution < -0.4 is 15.4 Å². The van der Waals surface area contributed by atoms with Crippen LogP contribution in [0.3, 0.4) is 0 Å². The predicted octanol–water partition coefficient (Wildman–Crippen LogP) is 5.67. The first kappa shape index (κ1) is 21.6. The van der Waals surface area contributed by atoms with Crippen molar-refractivity contribution in [3.63, 3.8) is 0 Å². The number of hydrogen-bond acceptors (Lipinski definition) is 3. The van der Waals surface area contributed by atoms with Crippen molar-refractivity contribution in [2.75, 3.05) is 12.4 Å². The maximum absolute atomic E-state index is 13.5. The number of carbonyl (C=O) groups is 1. The van der Waals surface area contributed by atoms with Gasteiger partial charge in [-0.3, -0.25) is 10.1 Å². The van der Waals surface area contributed by atoms with Crippen molar-refractivity contribution in [3.8, 4) is 5.75 Å². The molecule has 3 aromatic rings. The van der Waals surface area contributed by atoms with Gasteiger partial charge in [-0.15, -0.1) is 0 Å². The Labute approximate surface area is 179 Å². The van der Waals surface area contributed by atoms with E-state index in [-0.39, 0.29) is 11.9 Å². The van der Waals surface area contributed by atoms with Gasteiger partial charge in [0.15, 0.2) is 0 Å². The quantitative estimate of drug-likeness (QED) is 0.510. The molecule has 0 heterocycles. The van der Waals surface area contributed by atoms with Crippen LogP contribution in [0, 0.1) is 12.8 Å². The average Bonchev–Trinajstić information content (AvgIpc) is 2.75. The highest BCUT2D eigenvalue weighted by molar-refractivity contribution is 5.96. The molecule has 0 saturated carbocycles. The number of benzene rings is 3. The number of rotatable bonds is 8. The largest absolute Gasteiger partial charge is 0.495 e. The van der Waals surface area contributed by atoms with Crippen molar-refractivity contribution in [1.29, 1.82) is 0 Å². The van der Waals surface area contributed by atoms with Crippen LogP contribution in [0.1, 0.15) is 42.6 Å². The lowest BCUT2D eigenvalue weighted by Gasteiger charge is -2.29. The summed E-state index contributed by atoms with van der Waals surface area (Å²) >= 11 is 0. The summed E-state index contributed by atoms with van der Waals surface area (Å²) in [7, 11) is 1.61. The van der Waals surface area contributed by atoms with Crippen molar-refractivity contribution < 1.29 is 9.53 Å². The van der Waals surface area contributed by atoms with Gasteiger partial charge >= 0.3 is 0 Å². The molecule has 0 bridgehead atoms. The lowest BCUT2D eigenvalue weighted by atomic mass is 9.93. The molecule has 0 fully saturated rings. The van der Waals surface area contributed by atoms with Crippen molar-refractivity contribution in [1.82, 2.24) is 5.32 Å². The molecule has 156 valence electrons. The Balaban J connectivity index is 1.93. The summed E-state index contributed by atoms with van der Waals surface area (Å²) in [6.45, 7) is 6.31. The molecule has 4 heteroatoms. The topological polar surface area (TPSA) is 50.4 Å². The van der Waals surface area contributed by atoms with E-state index in [2.05, 4.69) is 36.6 Å². The molecule has 30 heavy (non-hydrogen) atoms. The molecule has 2 atom stereocenters. The molecular weight excluding hydrogens is 372 g/mol. The summed E-state index contributed by atoms with van der Waals surface area (Å²) in [5, 5.41) is 6.68. The molecule has 4 nitrogen and oxygen atoms in total. The van der Waals surface area contributed by atoms with Crippen LogP contribution in [0.15, 0.2) is 78.9 Å². The molecule has 0 aliphatic carbocycles. The van der Waals surface area contributed by atoms with Crippen molar-refractivity contribution in [2.24, 2.45) is 5.92 Å². The van der Waals surface area contributed by atoms with Crippen molar-refractivity contribution in [2.45, 2.75) is 32.9 Å². The number of ether oxygens (including phenoxy) is 1. The van der Waals surface area contributed by atoms with Gasteiger partial charge in [0.05, 0.1) is 12.8 Å². The molecule has 0 aliphatic heterocycles. The number of methoxy groups -OCH3 is 1. The highest BCUT2D eigenvalue weighted by Crippen LogP contribution is 2.29.